The van der Waals surface area contributed by atoms with E-state index in [-0.39, 0.29) is 41.9 Å². The van der Waals surface area contributed by atoms with Gasteiger partial charge in [0.15, 0.2) is 0 Å². The minimum absolute atomic E-state index is 0.0211. The fourth-order valence-corrected chi connectivity index (χ4v) is 4.64. The molecule has 10 heteroatoms. The van der Waals surface area contributed by atoms with Crippen LogP contribution in [0.15, 0.2) is 47.3 Å². The first-order valence-electron chi connectivity index (χ1n) is 12.5. The Kier molecular flexibility index (Phi) is 8.13. The summed E-state index contributed by atoms with van der Waals surface area (Å²) < 4.78 is 1.55. The normalized spacial score (nSPS) is 15.7. The van der Waals surface area contributed by atoms with E-state index in [1.54, 1.807) is 59.0 Å². The third-order valence-corrected chi connectivity index (χ3v) is 7.75. The van der Waals surface area contributed by atoms with E-state index in [4.69, 9.17) is 28.2 Å². The number of rotatable bonds is 6. The van der Waals surface area contributed by atoms with E-state index in [0.29, 0.717) is 50.5 Å². The van der Waals surface area contributed by atoms with Gasteiger partial charge >= 0.3 is 0 Å². The van der Waals surface area contributed by atoms with Crippen molar-refractivity contribution < 1.29 is 9.59 Å². The number of carbonyl (C=O) groups is 2. The number of anilines is 1. The molecule has 1 aromatic heterocycles. The van der Waals surface area contributed by atoms with Crippen molar-refractivity contribution in [3.63, 3.8) is 0 Å². The molecule has 2 amide bonds. The number of fused-ring (bicyclic) bond motifs is 1. The third kappa shape index (κ3) is 5.42. The molecule has 0 radical (unpaired) electrons. The van der Waals surface area contributed by atoms with Gasteiger partial charge in [0.25, 0.3) is 17.4 Å². The van der Waals surface area contributed by atoms with Crippen LogP contribution < -0.4 is 16.2 Å². The van der Waals surface area contributed by atoms with Crippen LogP contribution in [0.2, 0.25) is 10.0 Å². The van der Waals surface area contributed by atoms with Gasteiger partial charge in [0.1, 0.15) is 0 Å². The van der Waals surface area contributed by atoms with Gasteiger partial charge in [-0.1, -0.05) is 37.0 Å². The second-order valence-electron chi connectivity index (χ2n) is 9.92. The van der Waals surface area contributed by atoms with E-state index < -0.39 is 0 Å². The van der Waals surface area contributed by atoms with Crippen LogP contribution in [0.4, 0.5) is 5.95 Å². The Morgan fingerprint density at radius 3 is 2.29 bits per heavy atom. The van der Waals surface area contributed by atoms with Gasteiger partial charge < -0.3 is 15.5 Å². The van der Waals surface area contributed by atoms with E-state index in [9.17, 15) is 14.4 Å². The van der Waals surface area contributed by atoms with Gasteiger partial charge in [-0.2, -0.15) is 0 Å². The quantitative estimate of drug-likeness (QED) is 0.449. The highest BCUT2D eigenvalue weighted by Crippen LogP contribution is 2.28. The molecule has 1 aliphatic heterocycles. The highest BCUT2D eigenvalue weighted by atomic mass is 35.5. The van der Waals surface area contributed by atoms with Crippen molar-refractivity contribution >= 4 is 41.0 Å². The molecule has 8 nitrogen and oxygen atoms in total. The Morgan fingerprint density at radius 2 is 1.68 bits per heavy atom. The minimum Gasteiger partial charge on any atom is -0.355 e. The van der Waals surface area contributed by atoms with Crippen LogP contribution in [0.3, 0.4) is 0 Å². The molecule has 0 fully saturated rings. The number of carbonyl (C=O) groups excluding carboxylic acids is 2. The number of aromatic nitrogens is 2. The van der Waals surface area contributed by atoms with Crippen molar-refractivity contribution in [3.8, 4) is 5.69 Å². The highest BCUT2D eigenvalue weighted by Gasteiger charge is 2.32. The number of nitrogens with zero attached hydrogens (tertiary/aromatic N) is 3. The lowest BCUT2D eigenvalue weighted by Gasteiger charge is -2.35. The van der Waals surface area contributed by atoms with Crippen LogP contribution in [0, 0.1) is 5.92 Å². The first kappa shape index (κ1) is 27.7. The molecule has 2 atom stereocenters. The maximum absolute atomic E-state index is 13.9. The van der Waals surface area contributed by atoms with E-state index in [1.807, 2.05) is 13.8 Å². The molecule has 0 aliphatic carbocycles. The summed E-state index contributed by atoms with van der Waals surface area (Å²) in [6.45, 7) is 8.28. The summed E-state index contributed by atoms with van der Waals surface area (Å²) in [5.74, 6) is 0.251. The van der Waals surface area contributed by atoms with Crippen LogP contribution in [0.5, 0.6) is 0 Å². The van der Waals surface area contributed by atoms with E-state index >= 15 is 0 Å². The molecule has 0 saturated heterocycles. The first-order chi connectivity index (χ1) is 18.0. The SMILES string of the molecule is CNC(=O)c1ccc(-n2c(N[C@@H](C)C(C)C)nc3c(c2=O)C[C@@H](C)N(C(=O)c2ccc(Cl)c(Cl)c2)C3)cc1. The largest absolute Gasteiger partial charge is 0.355 e. The Bertz CT molecular complexity index is 1440. The maximum Gasteiger partial charge on any atom is 0.263 e. The van der Waals surface area contributed by atoms with Gasteiger partial charge in [0.05, 0.1) is 28.0 Å². The molecule has 3 aromatic rings. The van der Waals surface area contributed by atoms with Crippen molar-refractivity contribution in [1.82, 2.24) is 19.8 Å². The fraction of sp³-hybridized carbons (Fsp3) is 0.357. The summed E-state index contributed by atoms with van der Waals surface area (Å²) >= 11 is 12.2. The molecule has 0 unspecified atom stereocenters. The molecule has 2 N–H and O–H groups in total. The first-order valence-corrected chi connectivity index (χ1v) is 13.3. The molecule has 0 bridgehead atoms. The van der Waals surface area contributed by atoms with Crippen molar-refractivity contribution in [1.29, 1.82) is 0 Å². The Morgan fingerprint density at radius 1 is 1.03 bits per heavy atom. The van der Waals surface area contributed by atoms with E-state index in [0.717, 1.165) is 0 Å². The Hall–Kier alpha value is -3.36. The lowest BCUT2D eigenvalue weighted by molar-refractivity contribution is 0.0653. The molecule has 2 heterocycles. The summed E-state index contributed by atoms with van der Waals surface area (Å²) in [4.78, 5) is 45.9. The minimum atomic E-state index is -0.239. The summed E-state index contributed by atoms with van der Waals surface area (Å²) in [5.41, 5.74) is 2.43. The van der Waals surface area contributed by atoms with Crippen LogP contribution in [0.1, 0.15) is 59.7 Å². The smallest absolute Gasteiger partial charge is 0.263 e. The fourth-order valence-electron chi connectivity index (χ4n) is 4.34. The van der Waals surface area contributed by atoms with Crippen LogP contribution in [0.25, 0.3) is 5.69 Å². The second-order valence-corrected chi connectivity index (χ2v) is 10.7. The standard InChI is InChI=1S/C28H31Cl2N5O3/c1-15(2)17(4)32-28-33-24-14-34(26(37)19-8-11-22(29)23(30)13-19)16(3)12-21(24)27(38)35(28)20-9-6-18(7-10-20)25(36)31-5/h6-11,13,15-17H,12,14H2,1-5H3,(H,31,36)(H,32,33)/t16-,17+/m1/s1. The number of nitrogens with one attached hydrogen (secondary N) is 2. The summed E-state index contributed by atoms with van der Waals surface area (Å²) in [5, 5.41) is 6.67. The number of hydrogen-bond donors (Lipinski definition) is 2. The third-order valence-electron chi connectivity index (χ3n) is 7.01. The predicted molar refractivity (Wildman–Crippen MR) is 151 cm³/mol. The van der Waals surface area contributed by atoms with Crippen molar-refractivity contribution in [3.05, 3.63) is 85.2 Å². The predicted octanol–water partition coefficient (Wildman–Crippen LogP) is 4.94. The average molecular weight is 556 g/mol. The molecule has 0 saturated carbocycles. The summed E-state index contributed by atoms with van der Waals surface area (Å²) in [7, 11) is 1.57. The Balaban J connectivity index is 1.78. The number of halogens is 2. The van der Waals surface area contributed by atoms with E-state index in [2.05, 4.69) is 24.5 Å². The van der Waals surface area contributed by atoms with Crippen molar-refractivity contribution in [2.24, 2.45) is 5.92 Å². The monoisotopic (exact) mass is 555 g/mol. The molecule has 4 rings (SSSR count). The summed E-state index contributed by atoms with van der Waals surface area (Å²) in [6.07, 6.45) is 0.352. The molecule has 200 valence electrons. The maximum atomic E-state index is 13.9. The topological polar surface area (TPSA) is 96.3 Å². The highest BCUT2D eigenvalue weighted by molar-refractivity contribution is 6.42. The molecule has 38 heavy (non-hydrogen) atoms. The molecular weight excluding hydrogens is 525 g/mol. The Labute approximate surface area is 232 Å². The molecular formula is C28H31Cl2N5O3. The van der Waals surface area contributed by atoms with E-state index in [1.165, 1.54) is 0 Å². The second kappa shape index (κ2) is 11.2. The molecule has 0 spiro atoms. The summed E-state index contributed by atoms with van der Waals surface area (Å²) in [6, 6.07) is 11.4. The lowest BCUT2D eigenvalue weighted by Crippen LogP contribution is -2.46. The van der Waals surface area contributed by atoms with Crippen molar-refractivity contribution in [2.45, 2.75) is 52.7 Å². The lowest BCUT2D eigenvalue weighted by atomic mass is 9.98. The van der Waals surface area contributed by atoms with Crippen LogP contribution >= 0.6 is 23.2 Å². The van der Waals surface area contributed by atoms with Crippen LogP contribution in [-0.4, -0.2) is 45.4 Å². The zero-order chi connectivity index (χ0) is 27.7. The number of hydrogen-bond acceptors (Lipinski definition) is 5. The van der Waals surface area contributed by atoms with Gasteiger partial charge in [-0.15, -0.1) is 0 Å². The van der Waals surface area contributed by atoms with Gasteiger partial charge in [-0.05, 0) is 68.7 Å². The van der Waals surface area contributed by atoms with Gasteiger partial charge in [-0.3, -0.25) is 14.4 Å². The number of amides is 2. The van der Waals surface area contributed by atoms with Gasteiger partial charge in [0.2, 0.25) is 5.95 Å². The number of benzene rings is 2. The van der Waals surface area contributed by atoms with Crippen LogP contribution in [-0.2, 0) is 13.0 Å². The van der Waals surface area contributed by atoms with Crippen molar-refractivity contribution in [2.75, 3.05) is 12.4 Å². The molecule has 2 aromatic carbocycles. The van der Waals surface area contributed by atoms with Gasteiger partial charge in [-0.25, -0.2) is 9.55 Å². The van der Waals surface area contributed by atoms with Gasteiger partial charge in [0, 0.05) is 35.8 Å². The zero-order valence-electron chi connectivity index (χ0n) is 22.0. The molecule has 1 aliphatic rings. The average Bonchev–Trinajstić information content (AvgIpc) is 2.90. The zero-order valence-corrected chi connectivity index (χ0v) is 23.5.